The highest BCUT2D eigenvalue weighted by Gasteiger charge is 2.11. The number of halogens is 2. The molecule has 1 N–H and O–H groups in total. The fourth-order valence-corrected chi connectivity index (χ4v) is 2.21. The van der Waals surface area contributed by atoms with Crippen LogP contribution < -0.4 is 10.1 Å². The maximum atomic E-state index is 14.0. The van der Waals surface area contributed by atoms with Gasteiger partial charge in [-0.2, -0.15) is 0 Å². The van der Waals surface area contributed by atoms with Gasteiger partial charge in [-0.25, -0.2) is 4.39 Å². The van der Waals surface area contributed by atoms with Crippen LogP contribution in [0.15, 0.2) is 41.1 Å². The van der Waals surface area contributed by atoms with E-state index in [0.717, 1.165) is 11.0 Å². The van der Waals surface area contributed by atoms with Crippen molar-refractivity contribution >= 4 is 15.9 Å². The minimum absolute atomic E-state index is 0.272. The van der Waals surface area contributed by atoms with E-state index in [1.54, 1.807) is 30.6 Å². The molecule has 0 aliphatic rings. The molecule has 0 saturated carbocycles. The van der Waals surface area contributed by atoms with Gasteiger partial charge in [0.15, 0.2) is 0 Å². The van der Waals surface area contributed by atoms with Crippen molar-refractivity contribution in [1.82, 2.24) is 10.3 Å². The van der Waals surface area contributed by atoms with Crippen LogP contribution >= 0.6 is 15.9 Å². The van der Waals surface area contributed by atoms with Crippen molar-refractivity contribution in [2.45, 2.75) is 20.4 Å². The van der Waals surface area contributed by atoms with Gasteiger partial charge in [-0.1, -0.05) is 19.9 Å². The van der Waals surface area contributed by atoms with Gasteiger partial charge in [0.1, 0.15) is 17.3 Å². The maximum absolute atomic E-state index is 14.0. The Balaban J connectivity index is 2.16. The van der Waals surface area contributed by atoms with Crippen LogP contribution in [-0.2, 0) is 6.54 Å². The highest BCUT2D eigenvalue weighted by molar-refractivity contribution is 9.10. The zero-order valence-electron chi connectivity index (χ0n) is 12.1. The number of hydrogen-bond acceptors (Lipinski definition) is 3. The van der Waals surface area contributed by atoms with Crippen molar-refractivity contribution in [2.24, 2.45) is 5.92 Å². The van der Waals surface area contributed by atoms with Crippen molar-refractivity contribution in [3.8, 4) is 11.5 Å². The first kappa shape index (κ1) is 15.9. The second kappa shape index (κ2) is 7.52. The lowest BCUT2D eigenvalue weighted by Crippen LogP contribution is -2.20. The average Bonchev–Trinajstić information content (AvgIpc) is 2.41. The Hall–Kier alpha value is -1.46. The van der Waals surface area contributed by atoms with Crippen LogP contribution in [0.2, 0.25) is 0 Å². The maximum Gasteiger partial charge on any atom is 0.146 e. The van der Waals surface area contributed by atoms with E-state index in [0.29, 0.717) is 29.5 Å². The zero-order chi connectivity index (χ0) is 15.2. The summed E-state index contributed by atoms with van der Waals surface area (Å²) in [5.41, 5.74) is 0.526. The molecule has 0 fully saturated rings. The molecule has 0 spiro atoms. The Morgan fingerprint density at radius 3 is 2.86 bits per heavy atom. The number of benzene rings is 1. The first-order chi connectivity index (χ1) is 10.1. The number of aromatic nitrogens is 1. The highest BCUT2D eigenvalue weighted by Crippen LogP contribution is 2.28. The van der Waals surface area contributed by atoms with Gasteiger partial charge in [0.05, 0.1) is 6.20 Å². The largest absolute Gasteiger partial charge is 0.455 e. The summed E-state index contributed by atoms with van der Waals surface area (Å²) >= 11 is 3.34. The number of nitrogens with one attached hydrogen (secondary N) is 1. The number of nitrogens with zero attached hydrogens (tertiary/aromatic N) is 1. The SMILES string of the molecule is CC(C)CNCc1c(F)cccc1Oc1cncc(Br)c1. The molecule has 1 heterocycles. The van der Waals surface area contributed by atoms with Gasteiger partial charge >= 0.3 is 0 Å². The predicted octanol–water partition coefficient (Wildman–Crippen LogP) is 4.52. The fourth-order valence-electron chi connectivity index (χ4n) is 1.87. The van der Waals surface area contributed by atoms with E-state index in [1.165, 1.54) is 6.07 Å². The van der Waals surface area contributed by atoms with E-state index in [2.05, 4.69) is 40.1 Å². The number of hydrogen-bond donors (Lipinski definition) is 1. The van der Waals surface area contributed by atoms with Crippen molar-refractivity contribution in [2.75, 3.05) is 6.54 Å². The highest BCUT2D eigenvalue weighted by atomic mass is 79.9. The van der Waals surface area contributed by atoms with Crippen molar-refractivity contribution in [3.05, 3.63) is 52.5 Å². The third-order valence-electron chi connectivity index (χ3n) is 2.84. The van der Waals surface area contributed by atoms with Gasteiger partial charge in [0.25, 0.3) is 0 Å². The van der Waals surface area contributed by atoms with E-state index in [4.69, 9.17) is 4.74 Å². The molecule has 3 nitrogen and oxygen atoms in total. The molecule has 0 saturated heterocycles. The van der Waals surface area contributed by atoms with Crippen LogP contribution in [0.25, 0.3) is 0 Å². The molecule has 1 aromatic carbocycles. The Bertz CT molecular complexity index is 605. The molecule has 0 aliphatic carbocycles. The minimum atomic E-state index is -0.272. The van der Waals surface area contributed by atoms with Crippen LogP contribution in [0.1, 0.15) is 19.4 Å². The average molecular weight is 353 g/mol. The van der Waals surface area contributed by atoms with E-state index in [9.17, 15) is 4.39 Å². The predicted molar refractivity (Wildman–Crippen MR) is 85.0 cm³/mol. The molecule has 112 valence electrons. The first-order valence-corrected chi connectivity index (χ1v) is 7.62. The van der Waals surface area contributed by atoms with Crippen LogP contribution in [0.5, 0.6) is 11.5 Å². The first-order valence-electron chi connectivity index (χ1n) is 6.82. The summed E-state index contributed by atoms with van der Waals surface area (Å²) in [6.07, 6.45) is 3.27. The Morgan fingerprint density at radius 1 is 1.33 bits per heavy atom. The molecule has 5 heteroatoms. The second-order valence-corrected chi connectivity index (χ2v) is 6.10. The van der Waals surface area contributed by atoms with Gasteiger partial charge in [0, 0.05) is 22.8 Å². The normalized spacial score (nSPS) is 10.9. The lowest BCUT2D eigenvalue weighted by molar-refractivity contribution is 0.455. The second-order valence-electron chi connectivity index (χ2n) is 5.18. The molecular formula is C16H18BrFN2O. The van der Waals surface area contributed by atoms with Gasteiger partial charge < -0.3 is 10.1 Å². The van der Waals surface area contributed by atoms with E-state index < -0.39 is 0 Å². The summed E-state index contributed by atoms with van der Waals surface area (Å²) in [5.74, 6) is 1.31. The van der Waals surface area contributed by atoms with E-state index >= 15 is 0 Å². The third kappa shape index (κ3) is 4.79. The van der Waals surface area contributed by atoms with Crippen molar-refractivity contribution < 1.29 is 9.13 Å². The standard InChI is InChI=1S/C16H18BrFN2O/c1-11(2)7-19-10-14-15(18)4-3-5-16(14)21-13-6-12(17)8-20-9-13/h3-6,8-9,11,19H,7,10H2,1-2H3. The topological polar surface area (TPSA) is 34.1 Å². The fraction of sp³-hybridized carbons (Fsp3) is 0.312. The summed E-state index contributed by atoms with van der Waals surface area (Å²) in [6.45, 7) is 5.48. The zero-order valence-corrected chi connectivity index (χ0v) is 13.7. The van der Waals surface area contributed by atoms with E-state index in [-0.39, 0.29) is 5.82 Å². The molecule has 2 aromatic rings. The summed E-state index contributed by atoms with van der Waals surface area (Å²) in [7, 11) is 0. The molecule has 0 aliphatic heterocycles. The van der Waals surface area contributed by atoms with Crippen molar-refractivity contribution in [1.29, 1.82) is 0 Å². The Kier molecular flexibility index (Phi) is 5.70. The van der Waals surface area contributed by atoms with Gasteiger partial charge in [-0.05, 0) is 46.6 Å². The monoisotopic (exact) mass is 352 g/mol. The quantitative estimate of drug-likeness (QED) is 0.829. The van der Waals surface area contributed by atoms with Crippen LogP contribution in [-0.4, -0.2) is 11.5 Å². The molecule has 0 radical (unpaired) electrons. The van der Waals surface area contributed by atoms with Crippen LogP contribution in [0.3, 0.4) is 0 Å². The molecule has 1 aromatic heterocycles. The molecule has 0 amide bonds. The lowest BCUT2D eigenvalue weighted by Gasteiger charge is -2.13. The minimum Gasteiger partial charge on any atom is -0.455 e. The molecular weight excluding hydrogens is 335 g/mol. The van der Waals surface area contributed by atoms with Gasteiger partial charge in [-0.15, -0.1) is 0 Å². The van der Waals surface area contributed by atoms with Gasteiger partial charge in [-0.3, -0.25) is 4.98 Å². The molecule has 0 atom stereocenters. The molecule has 0 bridgehead atoms. The summed E-state index contributed by atoms with van der Waals surface area (Å²) in [5, 5.41) is 3.23. The lowest BCUT2D eigenvalue weighted by atomic mass is 10.1. The summed E-state index contributed by atoms with van der Waals surface area (Å²) in [4.78, 5) is 4.04. The third-order valence-corrected chi connectivity index (χ3v) is 3.27. The number of ether oxygens (including phenoxy) is 1. The Morgan fingerprint density at radius 2 is 2.14 bits per heavy atom. The number of pyridine rings is 1. The molecule has 21 heavy (non-hydrogen) atoms. The molecule has 2 rings (SSSR count). The smallest absolute Gasteiger partial charge is 0.146 e. The van der Waals surface area contributed by atoms with Gasteiger partial charge in [0.2, 0.25) is 0 Å². The Labute approximate surface area is 132 Å². The summed E-state index contributed by atoms with van der Waals surface area (Å²) in [6, 6.07) is 6.64. The van der Waals surface area contributed by atoms with E-state index in [1.807, 2.05) is 0 Å². The van der Waals surface area contributed by atoms with Crippen LogP contribution in [0.4, 0.5) is 4.39 Å². The molecule has 0 unspecified atom stereocenters. The number of rotatable bonds is 6. The summed E-state index contributed by atoms with van der Waals surface area (Å²) < 4.78 is 20.6. The van der Waals surface area contributed by atoms with Crippen LogP contribution in [0, 0.1) is 11.7 Å². The van der Waals surface area contributed by atoms with Crippen molar-refractivity contribution in [3.63, 3.8) is 0 Å².